The van der Waals surface area contributed by atoms with Crippen molar-refractivity contribution in [2.24, 2.45) is 0 Å². The molecule has 0 unspecified atom stereocenters. The van der Waals surface area contributed by atoms with Crippen LogP contribution in [0.2, 0.25) is 0 Å². The predicted molar refractivity (Wildman–Crippen MR) is 99.3 cm³/mol. The summed E-state index contributed by atoms with van der Waals surface area (Å²) >= 11 is 1.65. The normalized spacial score (nSPS) is 10.3. The largest absolute Gasteiger partial charge is 0.496 e. The van der Waals surface area contributed by atoms with Crippen LogP contribution in [0.15, 0.2) is 66.0 Å². The van der Waals surface area contributed by atoms with E-state index < -0.39 is 0 Å². The number of methoxy groups -OCH3 is 1. The van der Waals surface area contributed by atoms with Gasteiger partial charge in [0.2, 0.25) is 0 Å². The summed E-state index contributed by atoms with van der Waals surface area (Å²) in [5.41, 5.74) is 1.50. The number of ether oxygens (including phenoxy) is 2. The summed E-state index contributed by atoms with van der Waals surface area (Å²) in [6.45, 7) is 0.910. The number of rotatable bonds is 7. The maximum absolute atomic E-state index is 12.4. The fourth-order valence-corrected chi connectivity index (χ4v) is 3.02. The molecule has 0 aliphatic rings. The van der Waals surface area contributed by atoms with Crippen LogP contribution < -0.4 is 14.8 Å². The second kappa shape index (κ2) is 8.35. The smallest absolute Gasteiger partial charge is 0.251 e. The Hall–Kier alpha value is -2.79. The minimum atomic E-state index is -0.146. The van der Waals surface area contributed by atoms with Crippen molar-refractivity contribution in [2.75, 3.05) is 7.11 Å². The quantitative estimate of drug-likeness (QED) is 0.690. The average molecular weight is 353 g/mol. The number of amides is 1. The van der Waals surface area contributed by atoms with Gasteiger partial charge in [0.15, 0.2) is 0 Å². The van der Waals surface area contributed by atoms with Gasteiger partial charge in [-0.25, -0.2) is 0 Å². The fraction of sp³-hybridized carbons (Fsp3) is 0.150. The van der Waals surface area contributed by atoms with Crippen LogP contribution in [0.5, 0.6) is 11.5 Å². The molecule has 128 valence electrons. The lowest BCUT2D eigenvalue weighted by molar-refractivity contribution is 0.0950. The van der Waals surface area contributed by atoms with Crippen LogP contribution in [-0.4, -0.2) is 13.0 Å². The number of carbonyl (C=O) groups is 1. The Bertz CT molecular complexity index is 830. The van der Waals surface area contributed by atoms with Crippen LogP contribution >= 0.6 is 11.3 Å². The van der Waals surface area contributed by atoms with Crippen molar-refractivity contribution < 1.29 is 14.3 Å². The van der Waals surface area contributed by atoms with Gasteiger partial charge in [-0.3, -0.25) is 4.79 Å². The van der Waals surface area contributed by atoms with Gasteiger partial charge < -0.3 is 14.8 Å². The fourth-order valence-electron chi connectivity index (χ4n) is 2.40. The van der Waals surface area contributed by atoms with Gasteiger partial charge in [0.05, 0.1) is 7.11 Å². The Morgan fingerprint density at radius 1 is 1.08 bits per heavy atom. The molecule has 0 spiro atoms. The summed E-state index contributed by atoms with van der Waals surface area (Å²) in [4.78, 5) is 13.5. The average Bonchev–Trinajstić information content (AvgIpc) is 3.18. The lowest BCUT2D eigenvalue weighted by atomic mass is 10.1. The lowest BCUT2D eigenvalue weighted by Gasteiger charge is -2.10. The number of hydrogen-bond donors (Lipinski definition) is 1. The first kappa shape index (κ1) is 17.0. The summed E-state index contributed by atoms with van der Waals surface area (Å²) < 4.78 is 11.1. The Morgan fingerprint density at radius 2 is 1.96 bits per heavy atom. The minimum absolute atomic E-state index is 0.146. The molecule has 1 amide bonds. The molecular weight excluding hydrogens is 334 g/mol. The Labute approximate surface area is 151 Å². The molecule has 0 fully saturated rings. The van der Waals surface area contributed by atoms with Crippen LogP contribution in [0.4, 0.5) is 0 Å². The van der Waals surface area contributed by atoms with Gasteiger partial charge in [0.25, 0.3) is 5.91 Å². The van der Waals surface area contributed by atoms with E-state index in [9.17, 15) is 4.79 Å². The third kappa shape index (κ3) is 4.61. The third-order valence-electron chi connectivity index (χ3n) is 3.69. The van der Waals surface area contributed by atoms with E-state index in [0.29, 0.717) is 24.5 Å². The van der Waals surface area contributed by atoms with E-state index in [-0.39, 0.29) is 5.91 Å². The lowest BCUT2D eigenvalue weighted by Crippen LogP contribution is -2.23. The van der Waals surface area contributed by atoms with Crippen molar-refractivity contribution in [3.8, 4) is 11.5 Å². The van der Waals surface area contributed by atoms with Crippen LogP contribution in [0.1, 0.15) is 20.8 Å². The Morgan fingerprint density at radius 3 is 2.76 bits per heavy atom. The van der Waals surface area contributed by atoms with Crippen LogP contribution in [0.25, 0.3) is 0 Å². The molecule has 0 saturated heterocycles. The van der Waals surface area contributed by atoms with Crippen molar-refractivity contribution in [1.82, 2.24) is 5.32 Å². The van der Waals surface area contributed by atoms with E-state index in [0.717, 1.165) is 16.2 Å². The molecule has 4 nitrogen and oxygen atoms in total. The van der Waals surface area contributed by atoms with Gasteiger partial charge in [-0.05, 0) is 35.7 Å². The number of carbonyl (C=O) groups excluding carboxylic acids is 1. The third-order valence-corrected chi connectivity index (χ3v) is 4.54. The minimum Gasteiger partial charge on any atom is -0.496 e. The molecular formula is C20H19NO3S. The van der Waals surface area contributed by atoms with Crippen molar-refractivity contribution >= 4 is 17.2 Å². The molecule has 5 heteroatoms. The highest BCUT2D eigenvalue weighted by atomic mass is 32.1. The van der Waals surface area contributed by atoms with Gasteiger partial charge in [-0.2, -0.15) is 0 Å². The number of thiophene rings is 1. The van der Waals surface area contributed by atoms with E-state index in [1.807, 2.05) is 53.9 Å². The first-order valence-corrected chi connectivity index (χ1v) is 8.79. The molecule has 0 bridgehead atoms. The molecule has 2 aromatic carbocycles. The molecule has 1 N–H and O–H groups in total. The van der Waals surface area contributed by atoms with Crippen molar-refractivity contribution in [1.29, 1.82) is 0 Å². The molecule has 25 heavy (non-hydrogen) atoms. The molecule has 1 heterocycles. The van der Waals surface area contributed by atoms with E-state index in [1.165, 1.54) is 0 Å². The van der Waals surface area contributed by atoms with Crippen LogP contribution in [-0.2, 0) is 13.2 Å². The van der Waals surface area contributed by atoms with Gasteiger partial charge >= 0.3 is 0 Å². The monoisotopic (exact) mass is 353 g/mol. The maximum Gasteiger partial charge on any atom is 0.251 e. The predicted octanol–water partition coefficient (Wildman–Crippen LogP) is 4.27. The zero-order valence-corrected chi connectivity index (χ0v) is 14.7. The highest BCUT2D eigenvalue weighted by molar-refractivity contribution is 7.09. The second-order valence-electron chi connectivity index (χ2n) is 5.39. The Balaban J connectivity index is 1.61. The number of para-hydroxylation sites is 1. The summed E-state index contributed by atoms with van der Waals surface area (Å²) in [5, 5.41) is 4.93. The molecule has 0 aliphatic heterocycles. The highest BCUT2D eigenvalue weighted by Crippen LogP contribution is 2.19. The first-order chi connectivity index (χ1) is 12.3. The van der Waals surface area contributed by atoms with Gasteiger partial charge in [-0.15, -0.1) is 11.3 Å². The van der Waals surface area contributed by atoms with Gasteiger partial charge in [0, 0.05) is 22.5 Å². The zero-order chi connectivity index (χ0) is 17.5. The summed E-state index contributed by atoms with van der Waals surface area (Å²) in [6.07, 6.45) is 0. The van der Waals surface area contributed by atoms with Gasteiger partial charge in [-0.1, -0.05) is 30.3 Å². The first-order valence-electron chi connectivity index (χ1n) is 7.91. The molecule has 0 radical (unpaired) electrons. The molecule has 3 rings (SSSR count). The SMILES string of the molecule is COc1ccccc1CNC(=O)c1cccc(OCc2cccs2)c1. The number of nitrogens with one attached hydrogen (secondary N) is 1. The molecule has 0 atom stereocenters. The molecule has 1 aromatic heterocycles. The van der Waals surface area contributed by atoms with Crippen LogP contribution in [0.3, 0.4) is 0 Å². The highest BCUT2D eigenvalue weighted by Gasteiger charge is 2.09. The van der Waals surface area contributed by atoms with Gasteiger partial charge in [0.1, 0.15) is 18.1 Å². The second-order valence-corrected chi connectivity index (χ2v) is 6.42. The standard InChI is InChI=1S/C20H19NO3S/c1-23-19-10-3-2-6-16(19)13-21-20(22)15-7-4-8-17(12-15)24-14-18-9-5-11-25-18/h2-12H,13-14H2,1H3,(H,21,22). The maximum atomic E-state index is 12.4. The number of hydrogen-bond acceptors (Lipinski definition) is 4. The number of benzene rings is 2. The van der Waals surface area contributed by atoms with Crippen LogP contribution in [0, 0.1) is 0 Å². The van der Waals surface area contributed by atoms with E-state index in [1.54, 1.807) is 30.6 Å². The molecule has 0 saturated carbocycles. The van der Waals surface area contributed by atoms with E-state index in [2.05, 4.69) is 5.32 Å². The zero-order valence-electron chi connectivity index (χ0n) is 13.9. The van der Waals surface area contributed by atoms with Crippen molar-refractivity contribution in [2.45, 2.75) is 13.2 Å². The topological polar surface area (TPSA) is 47.6 Å². The van der Waals surface area contributed by atoms with Crippen molar-refractivity contribution in [3.05, 3.63) is 82.0 Å². The molecule has 0 aliphatic carbocycles. The Kier molecular flexibility index (Phi) is 5.69. The molecule has 3 aromatic rings. The van der Waals surface area contributed by atoms with Crippen molar-refractivity contribution in [3.63, 3.8) is 0 Å². The summed E-state index contributed by atoms with van der Waals surface area (Å²) in [7, 11) is 1.62. The summed E-state index contributed by atoms with van der Waals surface area (Å²) in [6, 6.07) is 18.8. The van der Waals surface area contributed by atoms with E-state index in [4.69, 9.17) is 9.47 Å². The van der Waals surface area contributed by atoms with E-state index >= 15 is 0 Å². The summed E-state index contributed by atoms with van der Waals surface area (Å²) in [5.74, 6) is 1.29.